The van der Waals surface area contributed by atoms with Gasteiger partial charge in [-0.2, -0.15) is 0 Å². The fraction of sp³-hybridized carbons (Fsp3) is 1.00. The van der Waals surface area contributed by atoms with Gasteiger partial charge in [0.1, 0.15) is 0 Å². The number of rotatable bonds is 0. The number of hydrogen-bond donors (Lipinski definition) is 0. The standard InChI is InChI=1S/C12H24N2O4.ClH2.Pt/c1-5-15-9-10-17-7-3-14-4-8-18-12-11-16-6-2-13-1;;/h1-12H2;1H2;/q-2;+1;+4. The van der Waals surface area contributed by atoms with E-state index in [9.17, 15) is 0 Å². The molecule has 0 saturated carbocycles. The molecule has 1 rings (SSSR count). The molecule has 0 aromatic rings. The molecule has 0 bridgehead atoms. The van der Waals surface area contributed by atoms with Gasteiger partial charge in [0.05, 0.1) is 38.8 Å². The summed E-state index contributed by atoms with van der Waals surface area (Å²) in [6.07, 6.45) is 0. The fourth-order valence-corrected chi connectivity index (χ4v) is 1.38. The van der Waals surface area contributed by atoms with Gasteiger partial charge in [0.15, 0.2) is 0 Å². The second-order valence-corrected chi connectivity index (χ2v) is 3.79. The Morgan fingerprint density at radius 2 is 0.700 bits per heavy atom. The second-order valence-electron chi connectivity index (χ2n) is 3.79. The van der Waals surface area contributed by atoms with E-state index >= 15 is 0 Å². The third kappa shape index (κ3) is 16.8. The molecule has 0 aliphatic carbocycles. The van der Waals surface area contributed by atoms with Crippen LogP contribution in [0.15, 0.2) is 0 Å². The Kier molecular flexibility index (Phi) is 22.7. The summed E-state index contributed by atoms with van der Waals surface area (Å²) in [5, 5.41) is 8.58. The van der Waals surface area contributed by atoms with Gasteiger partial charge in [-0.25, -0.2) is 0 Å². The SMILES string of the molecule is C1COCCOCC[N-]CCOCCOCC[N-]1.[ClH2+].[Pt+4]. The predicted octanol–water partition coefficient (Wildman–Crippen LogP) is 0.276. The van der Waals surface area contributed by atoms with E-state index in [-0.39, 0.29) is 33.5 Å². The number of ether oxygens (including phenoxy) is 4. The van der Waals surface area contributed by atoms with Crippen LogP contribution >= 0.6 is 0 Å². The normalized spacial score (nSPS) is 21.6. The van der Waals surface area contributed by atoms with Gasteiger partial charge < -0.3 is 29.6 Å². The first-order valence-electron chi connectivity index (χ1n) is 6.57. The van der Waals surface area contributed by atoms with Crippen molar-refractivity contribution in [2.45, 2.75) is 0 Å². The molecule has 1 heterocycles. The molecule has 1 saturated heterocycles. The van der Waals surface area contributed by atoms with Gasteiger partial charge in [-0.15, -0.1) is 26.2 Å². The minimum absolute atomic E-state index is 0. The van der Waals surface area contributed by atoms with Crippen molar-refractivity contribution in [3.63, 3.8) is 0 Å². The number of hydrogen-bond acceptors (Lipinski definition) is 4. The zero-order valence-electron chi connectivity index (χ0n) is 11.8. The molecule has 0 spiro atoms. The van der Waals surface area contributed by atoms with Crippen LogP contribution in [0, 0.1) is 12.4 Å². The van der Waals surface area contributed by atoms with Crippen LogP contribution in [0.3, 0.4) is 0 Å². The molecule has 6 nitrogen and oxygen atoms in total. The van der Waals surface area contributed by atoms with Gasteiger partial charge in [-0.05, 0) is 0 Å². The van der Waals surface area contributed by atoms with Crippen molar-refractivity contribution in [1.82, 2.24) is 0 Å². The number of nitrogens with zero attached hydrogens (tertiary/aromatic N) is 2. The Labute approximate surface area is 142 Å². The van der Waals surface area contributed by atoms with E-state index < -0.39 is 0 Å². The van der Waals surface area contributed by atoms with Crippen molar-refractivity contribution in [3.05, 3.63) is 10.6 Å². The average molecular weight is 493 g/mol. The van der Waals surface area contributed by atoms with Gasteiger partial charge in [0.2, 0.25) is 0 Å². The summed E-state index contributed by atoms with van der Waals surface area (Å²) in [6, 6.07) is 0. The second kappa shape index (κ2) is 19.7. The summed E-state index contributed by atoms with van der Waals surface area (Å²) >= 11 is 0. The molecule has 1 aliphatic heterocycles. The van der Waals surface area contributed by atoms with Crippen LogP contribution in [0.1, 0.15) is 0 Å². The summed E-state index contributed by atoms with van der Waals surface area (Å²) in [6.45, 7) is 7.95. The zero-order chi connectivity index (χ0) is 12.7. The average Bonchev–Trinajstić information content (AvgIpc) is 2.39. The Bertz CT molecular complexity index is 108. The van der Waals surface area contributed by atoms with E-state index in [2.05, 4.69) is 10.6 Å². The summed E-state index contributed by atoms with van der Waals surface area (Å²) < 4.78 is 21.5. The van der Waals surface area contributed by atoms with Crippen LogP contribution < -0.4 is 0 Å². The van der Waals surface area contributed by atoms with E-state index in [0.717, 1.165) is 26.2 Å². The van der Waals surface area contributed by atoms with Crippen LogP contribution in [-0.2, 0) is 40.0 Å². The Morgan fingerprint density at radius 3 is 0.950 bits per heavy atom. The monoisotopic (exact) mass is 492 g/mol. The first kappa shape index (κ1) is 23.0. The summed E-state index contributed by atoms with van der Waals surface area (Å²) in [7, 11) is 0. The van der Waals surface area contributed by atoms with Gasteiger partial charge >= 0.3 is 21.1 Å². The molecular weight excluding hydrogens is 467 g/mol. The summed E-state index contributed by atoms with van der Waals surface area (Å²) in [5.41, 5.74) is 0. The first-order chi connectivity index (χ1) is 9.00. The van der Waals surface area contributed by atoms with Crippen LogP contribution in [0.2, 0.25) is 0 Å². The molecule has 0 N–H and O–H groups in total. The molecule has 122 valence electrons. The minimum atomic E-state index is 0. The number of halogens is 1. The maximum atomic E-state index is 5.37. The third-order valence-corrected chi connectivity index (χ3v) is 2.32. The predicted molar refractivity (Wildman–Crippen MR) is 72.3 cm³/mol. The minimum Gasteiger partial charge on any atom is -0.659 e. The Morgan fingerprint density at radius 1 is 0.450 bits per heavy atom. The molecule has 1 aliphatic rings. The van der Waals surface area contributed by atoms with Crippen LogP contribution in [0.25, 0.3) is 10.6 Å². The van der Waals surface area contributed by atoms with Crippen molar-refractivity contribution >= 4 is 0 Å². The van der Waals surface area contributed by atoms with Crippen molar-refractivity contribution in [3.8, 4) is 0 Å². The van der Waals surface area contributed by atoms with Crippen molar-refractivity contribution in [2.75, 3.05) is 79.0 Å². The fourth-order valence-electron chi connectivity index (χ4n) is 1.38. The van der Waals surface area contributed by atoms with Gasteiger partial charge in [0.25, 0.3) is 0 Å². The Hall–Kier alpha value is 0.738. The van der Waals surface area contributed by atoms with E-state index in [1.807, 2.05) is 0 Å². The molecule has 0 unspecified atom stereocenters. The van der Waals surface area contributed by atoms with Crippen molar-refractivity contribution in [2.24, 2.45) is 0 Å². The quantitative estimate of drug-likeness (QED) is 0.487. The van der Waals surface area contributed by atoms with Crippen molar-refractivity contribution < 1.29 is 52.4 Å². The molecule has 20 heavy (non-hydrogen) atoms. The topological polar surface area (TPSA) is 65.1 Å². The van der Waals surface area contributed by atoms with E-state index in [1.54, 1.807) is 0 Å². The zero-order valence-corrected chi connectivity index (χ0v) is 14.9. The van der Waals surface area contributed by atoms with Crippen molar-refractivity contribution in [1.29, 1.82) is 0 Å². The van der Waals surface area contributed by atoms with Gasteiger partial charge in [-0.3, -0.25) is 0 Å². The largest absolute Gasteiger partial charge is 4.00 e. The molecule has 0 radical (unpaired) electrons. The molecule has 8 heteroatoms. The van der Waals surface area contributed by atoms with E-state index in [0.29, 0.717) is 52.9 Å². The van der Waals surface area contributed by atoms with Crippen LogP contribution in [0.5, 0.6) is 0 Å². The van der Waals surface area contributed by atoms with E-state index in [4.69, 9.17) is 18.9 Å². The van der Waals surface area contributed by atoms with E-state index in [1.165, 1.54) is 0 Å². The maximum Gasteiger partial charge on any atom is 4.00 e. The molecular formula is C12H26ClN2O4Pt+3. The van der Waals surface area contributed by atoms with Gasteiger partial charge in [-0.1, -0.05) is 0 Å². The molecule has 1 fully saturated rings. The summed E-state index contributed by atoms with van der Waals surface area (Å²) in [5.74, 6) is 0. The Balaban J connectivity index is 0. The molecule has 0 amide bonds. The maximum absolute atomic E-state index is 5.37. The summed E-state index contributed by atoms with van der Waals surface area (Å²) in [4.78, 5) is 0. The molecule has 0 aromatic heterocycles. The van der Waals surface area contributed by atoms with Crippen LogP contribution in [0.4, 0.5) is 0 Å². The first-order valence-corrected chi connectivity index (χ1v) is 6.57. The third-order valence-electron chi connectivity index (χ3n) is 2.32. The molecule has 0 aromatic carbocycles. The molecule has 0 atom stereocenters. The smallest absolute Gasteiger partial charge is 0.659 e. The van der Waals surface area contributed by atoms with Gasteiger partial charge in [0, 0.05) is 26.4 Å². The van der Waals surface area contributed by atoms with Crippen LogP contribution in [-0.4, -0.2) is 79.0 Å².